The van der Waals surface area contributed by atoms with E-state index in [1.54, 1.807) is 4.90 Å². The topological polar surface area (TPSA) is 87.1 Å². The molecule has 1 heterocycles. The molecule has 6 heteroatoms. The Labute approximate surface area is 106 Å². The molecule has 1 aliphatic rings. The number of ether oxygens (including phenoxy) is 1. The van der Waals surface area contributed by atoms with E-state index in [0.29, 0.717) is 6.61 Å². The van der Waals surface area contributed by atoms with Crippen LogP contribution in [0.5, 0.6) is 0 Å². The van der Waals surface area contributed by atoms with Crippen molar-refractivity contribution in [1.82, 2.24) is 4.90 Å². The zero-order valence-electron chi connectivity index (χ0n) is 10.8. The average Bonchev–Trinajstić information content (AvgIpc) is 2.36. The van der Waals surface area contributed by atoms with E-state index in [4.69, 9.17) is 14.9 Å². The van der Waals surface area contributed by atoms with Crippen LogP contribution in [-0.4, -0.2) is 58.9 Å². The molecule has 0 aromatic heterocycles. The van der Waals surface area contributed by atoms with Crippen molar-refractivity contribution in [2.24, 2.45) is 0 Å². The first-order chi connectivity index (χ1) is 8.38. The minimum absolute atomic E-state index is 0.0410. The normalized spacial score (nSPS) is 25.7. The number of carboxylic acids is 1. The van der Waals surface area contributed by atoms with E-state index >= 15 is 0 Å². The van der Waals surface area contributed by atoms with Gasteiger partial charge in [0, 0.05) is 17.7 Å². The number of carboxylic acid groups (broad SMARTS) is 1. The number of aliphatic hydroxyl groups is 1. The van der Waals surface area contributed by atoms with E-state index in [9.17, 15) is 9.59 Å². The second-order valence-electron chi connectivity index (χ2n) is 4.50. The standard InChI is InChI=1S/C12H19NO5/c1-7-6-18-10(5-14)4-13(7)11(15)8(2)9(3)12(16)17/h7,10,14H,4-6H2,1-3H3,(H,16,17). The third kappa shape index (κ3) is 3.08. The van der Waals surface area contributed by atoms with Crippen molar-refractivity contribution in [3.63, 3.8) is 0 Å². The van der Waals surface area contributed by atoms with Crippen LogP contribution >= 0.6 is 0 Å². The summed E-state index contributed by atoms with van der Waals surface area (Å²) in [5.74, 6) is -1.41. The highest BCUT2D eigenvalue weighted by atomic mass is 16.5. The van der Waals surface area contributed by atoms with E-state index in [1.807, 2.05) is 6.92 Å². The number of carbonyl (C=O) groups is 2. The predicted molar refractivity (Wildman–Crippen MR) is 64.0 cm³/mol. The molecule has 2 N–H and O–H groups in total. The third-order valence-corrected chi connectivity index (χ3v) is 3.17. The molecule has 0 spiro atoms. The van der Waals surface area contributed by atoms with E-state index < -0.39 is 12.1 Å². The molecule has 18 heavy (non-hydrogen) atoms. The zero-order chi connectivity index (χ0) is 13.9. The van der Waals surface area contributed by atoms with Crippen molar-refractivity contribution in [2.75, 3.05) is 19.8 Å². The fraction of sp³-hybridized carbons (Fsp3) is 0.667. The van der Waals surface area contributed by atoms with Gasteiger partial charge in [-0.25, -0.2) is 4.79 Å². The molecule has 1 rings (SSSR count). The van der Waals surface area contributed by atoms with E-state index in [0.717, 1.165) is 0 Å². The molecule has 0 bridgehead atoms. The highest BCUT2D eigenvalue weighted by molar-refractivity contribution is 6.01. The third-order valence-electron chi connectivity index (χ3n) is 3.17. The molecular formula is C12H19NO5. The van der Waals surface area contributed by atoms with Gasteiger partial charge in [-0.05, 0) is 20.8 Å². The molecular weight excluding hydrogens is 238 g/mol. The van der Waals surface area contributed by atoms with Gasteiger partial charge in [-0.1, -0.05) is 0 Å². The minimum Gasteiger partial charge on any atom is -0.478 e. The predicted octanol–water partition coefficient (Wildman–Crippen LogP) is 0.0156. The van der Waals surface area contributed by atoms with Gasteiger partial charge in [0.15, 0.2) is 0 Å². The Bertz CT molecular complexity index is 377. The Kier molecular flexibility index (Phi) is 4.86. The van der Waals surface area contributed by atoms with Crippen molar-refractivity contribution in [1.29, 1.82) is 0 Å². The van der Waals surface area contributed by atoms with Crippen LogP contribution in [0.15, 0.2) is 11.1 Å². The molecule has 102 valence electrons. The summed E-state index contributed by atoms with van der Waals surface area (Å²) in [5.41, 5.74) is 0.257. The van der Waals surface area contributed by atoms with Crippen LogP contribution in [0.4, 0.5) is 0 Å². The molecule has 1 saturated heterocycles. The summed E-state index contributed by atoms with van der Waals surface area (Å²) in [5, 5.41) is 17.9. The number of hydrogen-bond donors (Lipinski definition) is 2. The molecule has 0 saturated carbocycles. The molecule has 0 aromatic carbocycles. The summed E-state index contributed by atoms with van der Waals surface area (Å²) in [4.78, 5) is 24.6. The van der Waals surface area contributed by atoms with Gasteiger partial charge in [-0.15, -0.1) is 0 Å². The van der Waals surface area contributed by atoms with Crippen LogP contribution in [0.1, 0.15) is 20.8 Å². The van der Waals surface area contributed by atoms with Gasteiger partial charge in [-0.2, -0.15) is 0 Å². The Morgan fingerprint density at radius 3 is 2.44 bits per heavy atom. The quantitative estimate of drug-likeness (QED) is 0.696. The average molecular weight is 257 g/mol. The number of morpholine rings is 1. The lowest BCUT2D eigenvalue weighted by Gasteiger charge is -2.37. The lowest BCUT2D eigenvalue weighted by molar-refractivity contribution is -0.142. The van der Waals surface area contributed by atoms with Crippen molar-refractivity contribution < 1.29 is 24.5 Å². The highest BCUT2D eigenvalue weighted by Crippen LogP contribution is 2.16. The monoisotopic (exact) mass is 257 g/mol. The maximum Gasteiger partial charge on any atom is 0.331 e. The van der Waals surface area contributed by atoms with Crippen LogP contribution in [0.25, 0.3) is 0 Å². The fourth-order valence-corrected chi connectivity index (χ4v) is 1.75. The van der Waals surface area contributed by atoms with Crippen molar-refractivity contribution in [3.05, 3.63) is 11.1 Å². The van der Waals surface area contributed by atoms with Crippen molar-refractivity contribution in [3.8, 4) is 0 Å². The molecule has 0 radical (unpaired) electrons. The number of nitrogens with zero attached hydrogens (tertiary/aromatic N) is 1. The Hall–Kier alpha value is -1.40. The summed E-state index contributed by atoms with van der Waals surface area (Å²) in [6, 6.07) is -0.128. The summed E-state index contributed by atoms with van der Waals surface area (Å²) < 4.78 is 5.33. The van der Waals surface area contributed by atoms with Gasteiger partial charge in [0.2, 0.25) is 5.91 Å². The first kappa shape index (κ1) is 14.7. The Morgan fingerprint density at radius 1 is 1.33 bits per heavy atom. The summed E-state index contributed by atoms with van der Waals surface area (Å²) in [7, 11) is 0. The van der Waals surface area contributed by atoms with Crippen LogP contribution < -0.4 is 0 Å². The number of aliphatic hydroxyl groups excluding tert-OH is 1. The number of rotatable bonds is 3. The molecule has 2 atom stereocenters. The fourth-order valence-electron chi connectivity index (χ4n) is 1.75. The molecule has 6 nitrogen and oxygen atoms in total. The van der Waals surface area contributed by atoms with Gasteiger partial charge < -0.3 is 19.8 Å². The Balaban J connectivity index is 2.88. The first-order valence-electron chi connectivity index (χ1n) is 5.82. The summed E-state index contributed by atoms with van der Waals surface area (Å²) in [6.07, 6.45) is -0.400. The van der Waals surface area contributed by atoms with E-state index in [1.165, 1.54) is 13.8 Å². The molecule has 1 fully saturated rings. The van der Waals surface area contributed by atoms with Crippen LogP contribution in [0, 0.1) is 0 Å². The van der Waals surface area contributed by atoms with Gasteiger partial charge in [0.1, 0.15) is 0 Å². The van der Waals surface area contributed by atoms with Gasteiger partial charge in [0.05, 0.1) is 25.4 Å². The van der Waals surface area contributed by atoms with Crippen molar-refractivity contribution in [2.45, 2.75) is 32.9 Å². The van der Waals surface area contributed by atoms with Crippen LogP contribution in [0.3, 0.4) is 0 Å². The first-order valence-corrected chi connectivity index (χ1v) is 5.82. The van der Waals surface area contributed by atoms with Crippen LogP contribution in [-0.2, 0) is 14.3 Å². The molecule has 1 amide bonds. The van der Waals surface area contributed by atoms with Crippen molar-refractivity contribution >= 4 is 11.9 Å². The maximum absolute atomic E-state index is 12.2. The molecule has 2 unspecified atom stereocenters. The second kappa shape index (κ2) is 5.97. The summed E-state index contributed by atoms with van der Waals surface area (Å²) in [6.45, 7) is 5.20. The number of aliphatic carboxylic acids is 1. The lowest BCUT2D eigenvalue weighted by atomic mass is 10.1. The summed E-state index contributed by atoms with van der Waals surface area (Å²) >= 11 is 0. The zero-order valence-corrected chi connectivity index (χ0v) is 10.8. The number of carbonyl (C=O) groups excluding carboxylic acids is 1. The minimum atomic E-state index is -1.10. The highest BCUT2D eigenvalue weighted by Gasteiger charge is 2.30. The second-order valence-corrected chi connectivity index (χ2v) is 4.50. The van der Waals surface area contributed by atoms with Gasteiger partial charge in [-0.3, -0.25) is 4.79 Å². The number of amides is 1. The largest absolute Gasteiger partial charge is 0.478 e. The van der Waals surface area contributed by atoms with Crippen LogP contribution in [0.2, 0.25) is 0 Å². The van der Waals surface area contributed by atoms with E-state index in [-0.39, 0.29) is 36.2 Å². The van der Waals surface area contributed by atoms with Gasteiger partial charge >= 0.3 is 5.97 Å². The SMILES string of the molecule is CC(C(=O)O)=C(C)C(=O)N1CC(CO)OCC1C. The lowest BCUT2D eigenvalue weighted by Crippen LogP contribution is -2.52. The Morgan fingerprint density at radius 2 is 1.94 bits per heavy atom. The molecule has 0 aromatic rings. The molecule has 1 aliphatic heterocycles. The van der Waals surface area contributed by atoms with E-state index in [2.05, 4.69) is 0 Å². The smallest absolute Gasteiger partial charge is 0.331 e. The van der Waals surface area contributed by atoms with Gasteiger partial charge in [0.25, 0.3) is 0 Å². The number of hydrogen-bond acceptors (Lipinski definition) is 4. The maximum atomic E-state index is 12.2. The molecule has 0 aliphatic carbocycles.